The first-order valence-electron chi connectivity index (χ1n) is 6.42. The van der Waals surface area contributed by atoms with Crippen molar-refractivity contribution in [3.8, 4) is 0 Å². The second-order valence-corrected chi connectivity index (χ2v) is 5.78. The van der Waals surface area contributed by atoms with E-state index in [0.717, 1.165) is 21.9 Å². The molecule has 4 nitrogen and oxygen atoms in total. The number of nitrogens with two attached hydrogens (primary N) is 1. The molecule has 0 radical (unpaired) electrons. The van der Waals surface area contributed by atoms with Crippen molar-refractivity contribution < 1.29 is 9.53 Å². The summed E-state index contributed by atoms with van der Waals surface area (Å²) >= 11 is 6.87. The fourth-order valence-corrected chi connectivity index (χ4v) is 3.02. The topological polar surface area (TPSA) is 55.6 Å². The number of hydrogen-bond donors (Lipinski definition) is 1. The summed E-state index contributed by atoms with van der Waals surface area (Å²) in [5.41, 5.74) is 7.59. The van der Waals surface area contributed by atoms with Crippen molar-refractivity contribution in [2.45, 2.75) is 18.7 Å². The fraction of sp³-hybridized carbons (Fsp3) is 0.429. The quantitative estimate of drug-likeness (QED) is 0.474. The molecule has 1 aromatic rings. The first-order valence-corrected chi connectivity index (χ1v) is 7.81. The number of thiocarbonyl (C=S) groups is 1. The van der Waals surface area contributed by atoms with Gasteiger partial charge in [0.2, 0.25) is 0 Å². The molecule has 0 amide bonds. The largest absolute Gasteiger partial charge is 0.468 e. The number of anilines is 1. The lowest BCUT2D eigenvalue weighted by atomic mass is 10.1. The Kier molecular flexibility index (Phi) is 6.81. The van der Waals surface area contributed by atoms with Gasteiger partial charge in [-0.2, -0.15) is 0 Å². The van der Waals surface area contributed by atoms with E-state index < -0.39 is 0 Å². The molecule has 0 heterocycles. The van der Waals surface area contributed by atoms with Crippen LogP contribution in [0.3, 0.4) is 0 Å². The minimum atomic E-state index is -0.283. The van der Waals surface area contributed by atoms with E-state index in [0.29, 0.717) is 11.5 Å². The van der Waals surface area contributed by atoms with Crippen LogP contribution in [0.25, 0.3) is 0 Å². The third-order valence-corrected chi connectivity index (χ3v) is 3.96. The van der Waals surface area contributed by atoms with E-state index in [1.165, 1.54) is 7.11 Å². The molecular weight excluding hydrogens is 292 g/mol. The van der Waals surface area contributed by atoms with Crippen molar-refractivity contribution in [1.82, 2.24) is 0 Å². The van der Waals surface area contributed by atoms with Crippen LogP contribution < -0.4 is 10.6 Å². The van der Waals surface area contributed by atoms with Crippen molar-refractivity contribution in [3.05, 3.63) is 23.8 Å². The molecule has 110 valence electrons. The maximum Gasteiger partial charge on any atom is 0.325 e. The number of nitrogens with zero attached hydrogens (tertiary/aromatic N) is 1. The van der Waals surface area contributed by atoms with Gasteiger partial charge >= 0.3 is 5.97 Å². The minimum absolute atomic E-state index is 0.183. The highest BCUT2D eigenvalue weighted by molar-refractivity contribution is 7.99. The highest BCUT2D eigenvalue weighted by atomic mass is 32.2. The Morgan fingerprint density at radius 3 is 2.65 bits per heavy atom. The van der Waals surface area contributed by atoms with Crippen LogP contribution >= 0.6 is 24.0 Å². The number of rotatable bonds is 7. The van der Waals surface area contributed by atoms with Crippen molar-refractivity contribution in [3.63, 3.8) is 0 Å². The maximum absolute atomic E-state index is 11.5. The van der Waals surface area contributed by atoms with E-state index in [1.54, 1.807) is 11.8 Å². The second-order valence-electron chi connectivity index (χ2n) is 4.04. The average Bonchev–Trinajstić information content (AvgIpc) is 2.44. The van der Waals surface area contributed by atoms with E-state index in [9.17, 15) is 4.79 Å². The molecule has 0 aromatic heterocycles. The standard InChI is InChI=1S/C14H20N2O2S2/c1-4-16(9-12(17)18-3)10-7-6-8-11(20-5-2)13(10)14(15)19/h6-8H,4-5,9H2,1-3H3,(H2,15,19). The van der Waals surface area contributed by atoms with Crippen LogP contribution in [0.4, 0.5) is 5.69 Å². The monoisotopic (exact) mass is 312 g/mol. The van der Waals surface area contributed by atoms with Crippen LogP contribution in [-0.2, 0) is 9.53 Å². The Bertz CT molecular complexity index is 492. The molecule has 0 aliphatic heterocycles. The van der Waals surface area contributed by atoms with E-state index >= 15 is 0 Å². The summed E-state index contributed by atoms with van der Waals surface area (Å²) in [5.74, 6) is 0.650. The zero-order valence-corrected chi connectivity index (χ0v) is 13.6. The Hall–Kier alpha value is -1.27. The molecule has 0 spiro atoms. The fourth-order valence-electron chi connectivity index (χ4n) is 1.89. The molecule has 0 saturated heterocycles. The zero-order valence-electron chi connectivity index (χ0n) is 12.0. The lowest BCUT2D eigenvalue weighted by Gasteiger charge is -2.25. The number of carbonyl (C=O) groups is 1. The lowest BCUT2D eigenvalue weighted by Crippen LogP contribution is -2.32. The van der Waals surface area contributed by atoms with Gasteiger partial charge in [0.25, 0.3) is 0 Å². The third kappa shape index (κ3) is 4.11. The average molecular weight is 312 g/mol. The molecule has 0 fully saturated rings. The number of thioether (sulfide) groups is 1. The summed E-state index contributed by atoms with van der Waals surface area (Å²) in [6, 6.07) is 5.88. The van der Waals surface area contributed by atoms with Crippen LogP contribution in [0, 0.1) is 0 Å². The van der Waals surface area contributed by atoms with Gasteiger partial charge in [-0.15, -0.1) is 11.8 Å². The van der Waals surface area contributed by atoms with Gasteiger partial charge in [-0.1, -0.05) is 25.2 Å². The van der Waals surface area contributed by atoms with Crippen molar-refractivity contribution in [2.75, 3.05) is 30.9 Å². The van der Waals surface area contributed by atoms with Gasteiger partial charge in [0.05, 0.1) is 7.11 Å². The highest BCUT2D eigenvalue weighted by Crippen LogP contribution is 2.30. The Balaban J connectivity index is 3.23. The number of ether oxygens (including phenoxy) is 1. The molecule has 1 aromatic carbocycles. The third-order valence-electron chi connectivity index (χ3n) is 2.82. The Morgan fingerprint density at radius 2 is 2.15 bits per heavy atom. The van der Waals surface area contributed by atoms with Gasteiger partial charge in [-0.05, 0) is 24.8 Å². The molecule has 0 unspecified atom stereocenters. The number of carbonyl (C=O) groups excluding carboxylic acids is 1. The second kappa shape index (κ2) is 8.11. The molecule has 20 heavy (non-hydrogen) atoms. The number of esters is 1. The number of hydrogen-bond acceptors (Lipinski definition) is 5. The first kappa shape index (κ1) is 16.8. The zero-order chi connectivity index (χ0) is 15.1. The molecule has 0 aliphatic rings. The Morgan fingerprint density at radius 1 is 1.45 bits per heavy atom. The maximum atomic E-state index is 11.5. The van der Waals surface area contributed by atoms with Crippen LogP contribution in [0.15, 0.2) is 23.1 Å². The Labute approximate surface area is 129 Å². The minimum Gasteiger partial charge on any atom is -0.468 e. The van der Waals surface area contributed by atoms with Crippen molar-refractivity contribution in [1.29, 1.82) is 0 Å². The number of methoxy groups -OCH3 is 1. The summed E-state index contributed by atoms with van der Waals surface area (Å²) in [7, 11) is 1.38. The van der Waals surface area contributed by atoms with Crippen LogP contribution in [-0.4, -0.2) is 36.9 Å². The van der Waals surface area contributed by atoms with Crippen LogP contribution in [0.1, 0.15) is 19.4 Å². The van der Waals surface area contributed by atoms with Crippen molar-refractivity contribution >= 4 is 40.6 Å². The van der Waals surface area contributed by atoms with Gasteiger partial charge in [-0.25, -0.2) is 0 Å². The van der Waals surface area contributed by atoms with E-state index in [4.69, 9.17) is 22.7 Å². The number of likely N-dealkylation sites (N-methyl/N-ethyl adjacent to an activating group) is 1. The van der Waals surface area contributed by atoms with Crippen molar-refractivity contribution in [2.24, 2.45) is 5.73 Å². The molecule has 0 atom stereocenters. The SMILES string of the molecule is CCSc1cccc(N(CC)CC(=O)OC)c1C(N)=S. The molecule has 0 saturated carbocycles. The predicted molar refractivity (Wildman–Crippen MR) is 88.6 cm³/mol. The summed E-state index contributed by atoms with van der Waals surface area (Å²) < 4.78 is 4.73. The molecule has 6 heteroatoms. The van der Waals surface area contributed by atoms with E-state index in [1.807, 2.05) is 30.0 Å². The summed E-state index contributed by atoms with van der Waals surface area (Å²) in [5, 5.41) is 0. The summed E-state index contributed by atoms with van der Waals surface area (Å²) in [6.45, 7) is 4.91. The van der Waals surface area contributed by atoms with Gasteiger partial charge in [0, 0.05) is 22.7 Å². The molecule has 0 bridgehead atoms. The van der Waals surface area contributed by atoms with Crippen LogP contribution in [0.5, 0.6) is 0 Å². The predicted octanol–water partition coefficient (Wildman–Crippen LogP) is 2.43. The normalized spacial score (nSPS) is 10.2. The molecular formula is C14H20N2O2S2. The number of benzene rings is 1. The molecule has 1 rings (SSSR count). The van der Waals surface area contributed by atoms with E-state index in [2.05, 4.69) is 6.92 Å². The van der Waals surface area contributed by atoms with Crippen LogP contribution in [0.2, 0.25) is 0 Å². The first-order chi connectivity index (χ1) is 9.54. The molecule has 0 aliphatic carbocycles. The van der Waals surface area contributed by atoms with Gasteiger partial charge in [0.15, 0.2) is 0 Å². The van der Waals surface area contributed by atoms with Gasteiger partial charge < -0.3 is 15.4 Å². The highest BCUT2D eigenvalue weighted by Gasteiger charge is 2.18. The van der Waals surface area contributed by atoms with Gasteiger partial charge in [0.1, 0.15) is 11.5 Å². The summed E-state index contributed by atoms with van der Waals surface area (Å²) in [6.07, 6.45) is 0. The van der Waals surface area contributed by atoms with Gasteiger partial charge in [-0.3, -0.25) is 4.79 Å². The smallest absolute Gasteiger partial charge is 0.325 e. The van der Waals surface area contributed by atoms with E-state index in [-0.39, 0.29) is 12.5 Å². The molecule has 2 N–H and O–H groups in total. The lowest BCUT2D eigenvalue weighted by molar-refractivity contribution is -0.138. The summed E-state index contributed by atoms with van der Waals surface area (Å²) in [4.78, 5) is 14.8.